The van der Waals surface area contributed by atoms with E-state index in [0.717, 1.165) is 30.4 Å². The molecule has 0 radical (unpaired) electrons. The van der Waals surface area contributed by atoms with Crippen molar-refractivity contribution in [2.45, 2.75) is 69.8 Å². The van der Waals surface area contributed by atoms with Gasteiger partial charge in [-0.15, -0.1) is 0 Å². The van der Waals surface area contributed by atoms with Crippen LogP contribution in [0, 0.1) is 17.8 Å². The van der Waals surface area contributed by atoms with Gasteiger partial charge < -0.3 is 10.0 Å². The lowest BCUT2D eigenvalue weighted by Gasteiger charge is -2.40. The molecular weight excluding hydrogens is 306 g/mol. The average Bonchev–Trinajstić information content (AvgIpc) is 3.01. The first-order chi connectivity index (χ1) is 12.2. The molecule has 2 nitrogen and oxygen atoms in total. The van der Waals surface area contributed by atoms with E-state index in [0.29, 0.717) is 5.92 Å². The third kappa shape index (κ3) is 3.95. The van der Waals surface area contributed by atoms with Gasteiger partial charge >= 0.3 is 0 Å². The highest BCUT2D eigenvalue weighted by Crippen LogP contribution is 2.42. The minimum Gasteiger partial charge on any atom is -0.385 e. The van der Waals surface area contributed by atoms with E-state index in [4.69, 9.17) is 0 Å². The van der Waals surface area contributed by atoms with Crippen molar-refractivity contribution in [1.29, 1.82) is 0 Å². The molecule has 1 aliphatic heterocycles. The summed E-state index contributed by atoms with van der Waals surface area (Å²) < 4.78 is 0. The monoisotopic (exact) mass is 341 g/mol. The van der Waals surface area contributed by atoms with Gasteiger partial charge in [0.2, 0.25) is 0 Å². The summed E-state index contributed by atoms with van der Waals surface area (Å²) in [5.74, 6) is 2.35. The summed E-state index contributed by atoms with van der Waals surface area (Å²) in [5.41, 5.74) is 0.519. The van der Waals surface area contributed by atoms with Gasteiger partial charge in [0.15, 0.2) is 0 Å². The van der Waals surface area contributed by atoms with E-state index < -0.39 is 5.60 Å². The Labute approximate surface area is 153 Å². The molecule has 2 heteroatoms. The van der Waals surface area contributed by atoms with Crippen molar-refractivity contribution in [3.05, 3.63) is 35.9 Å². The molecule has 0 amide bonds. The highest BCUT2D eigenvalue weighted by Gasteiger charge is 2.39. The molecular formula is C23H35NO. The zero-order valence-corrected chi connectivity index (χ0v) is 15.7. The molecule has 1 heterocycles. The Hall–Kier alpha value is -0.860. The summed E-state index contributed by atoms with van der Waals surface area (Å²) in [7, 11) is 0. The van der Waals surface area contributed by atoms with Gasteiger partial charge in [-0.25, -0.2) is 0 Å². The van der Waals surface area contributed by atoms with Crippen LogP contribution in [-0.2, 0) is 5.60 Å². The molecule has 2 saturated carbocycles. The fourth-order valence-corrected chi connectivity index (χ4v) is 5.85. The van der Waals surface area contributed by atoms with Crippen LogP contribution < -0.4 is 0 Å². The molecule has 0 unspecified atom stereocenters. The first-order valence-corrected chi connectivity index (χ1v) is 10.7. The van der Waals surface area contributed by atoms with Gasteiger partial charge in [0.05, 0.1) is 5.60 Å². The van der Waals surface area contributed by atoms with E-state index >= 15 is 0 Å². The normalized spacial score (nSPS) is 30.8. The zero-order chi connectivity index (χ0) is 17.1. The Morgan fingerprint density at radius 1 is 0.920 bits per heavy atom. The third-order valence-electron chi connectivity index (χ3n) is 7.38. The maximum absolute atomic E-state index is 11.8. The van der Waals surface area contributed by atoms with Crippen molar-refractivity contribution in [3.8, 4) is 0 Å². The summed E-state index contributed by atoms with van der Waals surface area (Å²) >= 11 is 0. The highest BCUT2D eigenvalue weighted by molar-refractivity contribution is 5.23. The Kier molecular flexibility index (Phi) is 5.47. The van der Waals surface area contributed by atoms with Crippen LogP contribution in [0.25, 0.3) is 0 Å². The number of nitrogens with zero attached hydrogens (tertiary/aromatic N) is 1. The minimum absolute atomic E-state index is 0.437. The van der Waals surface area contributed by atoms with Gasteiger partial charge in [-0.2, -0.15) is 0 Å². The molecule has 4 rings (SSSR count). The molecule has 138 valence electrons. The summed E-state index contributed by atoms with van der Waals surface area (Å²) in [6, 6.07) is 10.6. The molecule has 3 atom stereocenters. The van der Waals surface area contributed by atoms with Crippen molar-refractivity contribution in [1.82, 2.24) is 4.90 Å². The molecule has 2 bridgehead atoms. The van der Waals surface area contributed by atoms with Crippen LogP contribution in [0.3, 0.4) is 0 Å². The smallest absolute Gasteiger partial charge is 0.0936 e. The van der Waals surface area contributed by atoms with Crippen LogP contribution in [-0.4, -0.2) is 29.6 Å². The van der Waals surface area contributed by atoms with Gasteiger partial charge in [-0.1, -0.05) is 56.0 Å². The van der Waals surface area contributed by atoms with Crippen molar-refractivity contribution < 1.29 is 5.11 Å². The molecule has 3 aliphatic rings. The Morgan fingerprint density at radius 2 is 1.68 bits per heavy atom. The van der Waals surface area contributed by atoms with Gasteiger partial charge in [0.25, 0.3) is 0 Å². The Bertz CT molecular complexity index is 538. The number of aliphatic hydroxyl groups is 1. The second kappa shape index (κ2) is 7.80. The average molecular weight is 342 g/mol. The maximum atomic E-state index is 11.8. The first kappa shape index (κ1) is 17.5. The number of fused-ring (bicyclic) bond motifs is 2. The second-order valence-corrected chi connectivity index (χ2v) is 9.01. The van der Waals surface area contributed by atoms with Crippen LogP contribution in [0.2, 0.25) is 0 Å². The molecule has 1 aromatic rings. The van der Waals surface area contributed by atoms with Crippen molar-refractivity contribution >= 4 is 0 Å². The molecule has 0 aromatic heterocycles. The lowest BCUT2D eigenvalue weighted by molar-refractivity contribution is -0.0526. The molecule has 1 saturated heterocycles. The van der Waals surface area contributed by atoms with E-state index in [9.17, 15) is 5.11 Å². The Morgan fingerprint density at radius 3 is 2.48 bits per heavy atom. The van der Waals surface area contributed by atoms with E-state index in [1.807, 2.05) is 0 Å². The largest absolute Gasteiger partial charge is 0.385 e. The standard InChI is InChI=1S/C23H35NO/c25-23(21-7-3-1-4-8-21,22-9-5-2-6-10-22)14-16-24-15-13-19-11-12-20(17-19)18-24/h1,3-4,7-8,19-20,22,25H,2,5-6,9-18H2/t19-,20-,23+/m0/s1. The van der Waals surface area contributed by atoms with Crippen LogP contribution in [0.5, 0.6) is 0 Å². The fraction of sp³-hybridized carbons (Fsp3) is 0.739. The quantitative estimate of drug-likeness (QED) is 0.817. The van der Waals surface area contributed by atoms with E-state index in [2.05, 4.69) is 35.2 Å². The molecule has 1 N–H and O–H groups in total. The predicted octanol–water partition coefficient (Wildman–Crippen LogP) is 4.97. The van der Waals surface area contributed by atoms with Crippen molar-refractivity contribution in [3.63, 3.8) is 0 Å². The maximum Gasteiger partial charge on any atom is 0.0936 e. The summed E-state index contributed by atoms with van der Waals surface area (Å²) in [4.78, 5) is 2.67. The lowest BCUT2D eigenvalue weighted by Crippen LogP contribution is -2.41. The van der Waals surface area contributed by atoms with Crippen molar-refractivity contribution in [2.75, 3.05) is 19.6 Å². The summed E-state index contributed by atoms with van der Waals surface area (Å²) in [6.07, 6.45) is 12.9. The number of likely N-dealkylation sites (tertiary alicyclic amines) is 1. The lowest BCUT2D eigenvalue weighted by atomic mass is 9.71. The van der Waals surface area contributed by atoms with E-state index in [1.54, 1.807) is 0 Å². The summed E-state index contributed by atoms with van der Waals surface area (Å²) in [6.45, 7) is 3.58. The molecule has 2 aliphatic carbocycles. The van der Waals surface area contributed by atoms with Crippen LogP contribution in [0.1, 0.15) is 69.8 Å². The minimum atomic E-state index is -0.632. The van der Waals surface area contributed by atoms with Gasteiger partial charge in [-0.05, 0) is 68.4 Å². The van der Waals surface area contributed by atoms with Crippen LogP contribution >= 0.6 is 0 Å². The Balaban J connectivity index is 1.46. The molecule has 0 spiro atoms. The molecule has 25 heavy (non-hydrogen) atoms. The zero-order valence-electron chi connectivity index (χ0n) is 15.7. The first-order valence-electron chi connectivity index (χ1n) is 10.7. The predicted molar refractivity (Wildman–Crippen MR) is 103 cm³/mol. The van der Waals surface area contributed by atoms with Gasteiger partial charge in [-0.3, -0.25) is 0 Å². The second-order valence-electron chi connectivity index (χ2n) is 9.01. The number of benzene rings is 1. The topological polar surface area (TPSA) is 23.5 Å². The van der Waals surface area contributed by atoms with E-state index in [-0.39, 0.29) is 0 Å². The van der Waals surface area contributed by atoms with Crippen LogP contribution in [0.15, 0.2) is 30.3 Å². The molecule has 1 aromatic carbocycles. The SMILES string of the molecule is O[C@](CCN1CC[C@@H]2CC[C@@H](C2)C1)(c1ccccc1)C1CCCCC1. The van der Waals surface area contributed by atoms with Crippen LogP contribution in [0.4, 0.5) is 0 Å². The van der Waals surface area contributed by atoms with E-state index in [1.165, 1.54) is 70.9 Å². The summed E-state index contributed by atoms with van der Waals surface area (Å²) in [5, 5.41) is 11.8. The highest BCUT2D eigenvalue weighted by atomic mass is 16.3. The third-order valence-corrected chi connectivity index (χ3v) is 7.38. The fourth-order valence-electron chi connectivity index (χ4n) is 5.85. The number of hydrogen-bond acceptors (Lipinski definition) is 2. The van der Waals surface area contributed by atoms with Gasteiger partial charge in [0.1, 0.15) is 0 Å². The molecule has 3 fully saturated rings. The van der Waals surface area contributed by atoms with Crippen molar-refractivity contribution in [2.24, 2.45) is 17.8 Å². The van der Waals surface area contributed by atoms with Gasteiger partial charge in [0, 0.05) is 13.1 Å². The number of hydrogen-bond donors (Lipinski definition) is 1. The number of rotatable bonds is 5.